The molecule has 2 rings (SSSR count). The molecule has 0 atom stereocenters. The Balaban J connectivity index is 2.62. The van der Waals surface area contributed by atoms with Crippen molar-refractivity contribution in [2.45, 2.75) is 0 Å². The van der Waals surface area contributed by atoms with Gasteiger partial charge in [0.2, 0.25) is 0 Å². The van der Waals surface area contributed by atoms with Crippen LogP contribution in [-0.2, 0) is 0 Å². The highest BCUT2D eigenvalue weighted by Crippen LogP contribution is 2.23. The van der Waals surface area contributed by atoms with E-state index in [-0.39, 0.29) is 0 Å². The lowest BCUT2D eigenvalue weighted by atomic mass is 10.3. The van der Waals surface area contributed by atoms with E-state index >= 15 is 0 Å². The van der Waals surface area contributed by atoms with Crippen LogP contribution in [0.1, 0.15) is 0 Å². The zero-order valence-corrected chi connectivity index (χ0v) is 7.24. The first-order valence-corrected chi connectivity index (χ1v) is 3.93. The SMILES string of the molecule is CN(C)c1cc2ccccc2o1. The van der Waals surface area contributed by atoms with E-state index in [9.17, 15) is 0 Å². The molecular formula is C10H11NO. The van der Waals surface area contributed by atoms with Crippen molar-refractivity contribution in [2.24, 2.45) is 0 Å². The molecule has 0 aliphatic heterocycles. The number of hydrogen-bond donors (Lipinski definition) is 0. The van der Waals surface area contributed by atoms with Gasteiger partial charge in [0.15, 0.2) is 5.88 Å². The number of furan rings is 1. The number of para-hydroxylation sites is 1. The van der Waals surface area contributed by atoms with Crippen LogP contribution < -0.4 is 4.90 Å². The predicted octanol–water partition coefficient (Wildman–Crippen LogP) is 2.50. The quantitative estimate of drug-likeness (QED) is 0.639. The van der Waals surface area contributed by atoms with E-state index in [1.165, 1.54) is 0 Å². The molecule has 0 fully saturated rings. The van der Waals surface area contributed by atoms with E-state index in [0.717, 1.165) is 16.9 Å². The van der Waals surface area contributed by atoms with Gasteiger partial charge in [0.05, 0.1) is 0 Å². The van der Waals surface area contributed by atoms with Gasteiger partial charge in [0.25, 0.3) is 0 Å². The van der Waals surface area contributed by atoms with Crippen LogP contribution in [0.4, 0.5) is 5.88 Å². The molecule has 1 aromatic carbocycles. The summed E-state index contributed by atoms with van der Waals surface area (Å²) >= 11 is 0. The molecule has 0 N–H and O–H groups in total. The van der Waals surface area contributed by atoms with Crippen molar-refractivity contribution < 1.29 is 4.42 Å². The minimum absolute atomic E-state index is 0.899. The molecule has 0 amide bonds. The van der Waals surface area contributed by atoms with E-state index < -0.39 is 0 Å². The normalized spacial score (nSPS) is 10.5. The van der Waals surface area contributed by atoms with E-state index in [4.69, 9.17) is 4.42 Å². The molecule has 1 heterocycles. The van der Waals surface area contributed by atoms with Gasteiger partial charge in [-0.1, -0.05) is 18.2 Å². The Bertz CT molecular complexity index is 356. The van der Waals surface area contributed by atoms with Crippen molar-refractivity contribution >= 4 is 16.9 Å². The minimum atomic E-state index is 0.899. The zero-order valence-electron chi connectivity index (χ0n) is 7.24. The van der Waals surface area contributed by atoms with Gasteiger partial charge in [-0.05, 0) is 6.07 Å². The van der Waals surface area contributed by atoms with Crippen LogP contribution in [0.15, 0.2) is 34.7 Å². The summed E-state index contributed by atoms with van der Waals surface area (Å²) in [7, 11) is 3.94. The zero-order chi connectivity index (χ0) is 8.55. The maximum absolute atomic E-state index is 5.56. The van der Waals surface area contributed by atoms with Gasteiger partial charge >= 0.3 is 0 Å². The van der Waals surface area contributed by atoms with E-state index in [1.807, 2.05) is 49.3 Å². The van der Waals surface area contributed by atoms with Crippen LogP contribution in [0.2, 0.25) is 0 Å². The van der Waals surface area contributed by atoms with Gasteiger partial charge in [-0.3, -0.25) is 0 Å². The molecule has 0 aliphatic rings. The van der Waals surface area contributed by atoms with Crippen LogP contribution in [0.3, 0.4) is 0 Å². The summed E-state index contributed by atoms with van der Waals surface area (Å²) in [5.74, 6) is 0.899. The highest BCUT2D eigenvalue weighted by Gasteiger charge is 2.02. The molecule has 62 valence electrons. The van der Waals surface area contributed by atoms with Crippen molar-refractivity contribution in [3.63, 3.8) is 0 Å². The maximum Gasteiger partial charge on any atom is 0.196 e. The Morgan fingerprint density at radius 2 is 1.92 bits per heavy atom. The Morgan fingerprint density at radius 3 is 2.58 bits per heavy atom. The lowest BCUT2D eigenvalue weighted by molar-refractivity contribution is 0.610. The molecule has 0 saturated heterocycles. The molecule has 12 heavy (non-hydrogen) atoms. The highest BCUT2D eigenvalue weighted by molar-refractivity contribution is 5.80. The van der Waals surface area contributed by atoms with Crippen molar-refractivity contribution in [3.05, 3.63) is 30.3 Å². The van der Waals surface area contributed by atoms with Crippen LogP contribution in [0, 0.1) is 0 Å². The van der Waals surface area contributed by atoms with Crippen molar-refractivity contribution in [1.82, 2.24) is 0 Å². The van der Waals surface area contributed by atoms with Gasteiger partial charge in [-0.25, -0.2) is 0 Å². The third-order valence-electron chi connectivity index (χ3n) is 1.85. The van der Waals surface area contributed by atoms with Gasteiger partial charge in [-0.2, -0.15) is 0 Å². The molecule has 2 aromatic rings. The van der Waals surface area contributed by atoms with Crippen molar-refractivity contribution in [2.75, 3.05) is 19.0 Å². The standard InChI is InChI=1S/C10H11NO/c1-11(2)10-7-8-5-3-4-6-9(8)12-10/h3-7H,1-2H3. The second-order valence-electron chi connectivity index (χ2n) is 3.02. The summed E-state index contributed by atoms with van der Waals surface area (Å²) < 4.78 is 5.56. The third kappa shape index (κ3) is 1.05. The molecule has 0 unspecified atom stereocenters. The van der Waals surface area contributed by atoms with Crippen LogP contribution in [-0.4, -0.2) is 14.1 Å². The lowest BCUT2D eigenvalue weighted by Gasteiger charge is -2.05. The Labute approximate surface area is 71.4 Å². The molecule has 0 radical (unpaired) electrons. The molecule has 0 spiro atoms. The van der Waals surface area contributed by atoms with Gasteiger partial charge in [0, 0.05) is 25.5 Å². The molecule has 0 aliphatic carbocycles. The summed E-state index contributed by atoms with van der Waals surface area (Å²) in [6, 6.07) is 10.0. The largest absolute Gasteiger partial charge is 0.441 e. The fraction of sp³-hybridized carbons (Fsp3) is 0.200. The fourth-order valence-corrected chi connectivity index (χ4v) is 1.19. The minimum Gasteiger partial charge on any atom is -0.441 e. The van der Waals surface area contributed by atoms with Crippen LogP contribution in [0.5, 0.6) is 0 Å². The third-order valence-corrected chi connectivity index (χ3v) is 1.85. The number of anilines is 1. The summed E-state index contributed by atoms with van der Waals surface area (Å²) in [6.45, 7) is 0. The molecule has 2 heteroatoms. The Hall–Kier alpha value is -1.44. The first-order valence-electron chi connectivity index (χ1n) is 3.93. The van der Waals surface area contributed by atoms with Crippen molar-refractivity contribution in [3.8, 4) is 0 Å². The van der Waals surface area contributed by atoms with Crippen molar-refractivity contribution in [1.29, 1.82) is 0 Å². The van der Waals surface area contributed by atoms with Crippen LogP contribution >= 0.6 is 0 Å². The summed E-state index contributed by atoms with van der Waals surface area (Å²) in [4.78, 5) is 1.96. The first kappa shape index (κ1) is 7.22. The van der Waals surface area contributed by atoms with E-state index in [1.54, 1.807) is 0 Å². The van der Waals surface area contributed by atoms with Crippen LogP contribution in [0.25, 0.3) is 11.0 Å². The number of benzene rings is 1. The molecular weight excluding hydrogens is 150 g/mol. The predicted molar refractivity (Wildman–Crippen MR) is 50.5 cm³/mol. The lowest BCUT2D eigenvalue weighted by Crippen LogP contribution is -2.06. The monoisotopic (exact) mass is 161 g/mol. The fourth-order valence-electron chi connectivity index (χ4n) is 1.19. The highest BCUT2D eigenvalue weighted by atomic mass is 16.4. The van der Waals surface area contributed by atoms with Gasteiger partial charge in [0.1, 0.15) is 5.58 Å². The van der Waals surface area contributed by atoms with Gasteiger partial charge < -0.3 is 9.32 Å². The molecule has 0 bridgehead atoms. The number of hydrogen-bond acceptors (Lipinski definition) is 2. The molecule has 0 saturated carbocycles. The number of nitrogens with zero attached hydrogens (tertiary/aromatic N) is 1. The Morgan fingerprint density at radius 1 is 1.17 bits per heavy atom. The second kappa shape index (κ2) is 2.55. The van der Waals surface area contributed by atoms with E-state index in [0.29, 0.717) is 0 Å². The summed E-state index contributed by atoms with van der Waals surface area (Å²) in [5, 5.41) is 1.15. The average molecular weight is 161 g/mol. The topological polar surface area (TPSA) is 16.4 Å². The molecule has 1 aromatic heterocycles. The maximum atomic E-state index is 5.56. The van der Waals surface area contributed by atoms with Gasteiger partial charge in [-0.15, -0.1) is 0 Å². The average Bonchev–Trinajstić information content (AvgIpc) is 2.46. The summed E-state index contributed by atoms with van der Waals surface area (Å²) in [5.41, 5.74) is 0.946. The number of rotatable bonds is 1. The second-order valence-corrected chi connectivity index (χ2v) is 3.02. The molecule has 2 nitrogen and oxygen atoms in total. The first-order chi connectivity index (χ1) is 5.77. The Kier molecular flexibility index (Phi) is 1.54. The number of fused-ring (bicyclic) bond motifs is 1. The van der Waals surface area contributed by atoms with E-state index in [2.05, 4.69) is 0 Å². The summed E-state index contributed by atoms with van der Waals surface area (Å²) in [6.07, 6.45) is 0. The smallest absolute Gasteiger partial charge is 0.196 e.